The van der Waals surface area contributed by atoms with Crippen molar-refractivity contribution in [3.05, 3.63) is 71.3 Å². The van der Waals surface area contributed by atoms with Crippen LogP contribution in [0.4, 0.5) is 8.78 Å². The quantitative estimate of drug-likeness (QED) is 0.853. The number of benzene rings is 2. The number of carbonyl (C=O) groups excluding carboxylic acids is 1. The number of hydrogen-bond donors (Lipinski definition) is 0. The van der Waals surface area contributed by atoms with Crippen LogP contribution in [0.2, 0.25) is 0 Å². The number of rotatable bonds is 4. The van der Waals surface area contributed by atoms with E-state index in [1.807, 2.05) is 6.07 Å². The Labute approximate surface area is 139 Å². The number of ether oxygens (including phenoxy) is 1. The van der Waals surface area contributed by atoms with Crippen molar-refractivity contribution in [3.63, 3.8) is 0 Å². The van der Waals surface area contributed by atoms with E-state index in [2.05, 4.69) is 0 Å². The third-order valence-corrected chi connectivity index (χ3v) is 4.13. The minimum atomic E-state index is -0.360. The first kappa shape index (κ1) is 16.6. The van der Waals surface area contributed by atoms with Crippen LogP contribution >= 0.6 is 0 Å². The van der Waals surface area contributed by atoms with Crippen molar-refractivity contribution in [3.8, 4) is 0 Å². The van der Waals surface area contributed by atoms with Crippen molar-refractivity contribution in [2.24, 2.45) is 0 Å². The van der Waals surface area contributed by atoms with Gasteiger partial charge >= 0.3 is 0 Å². The number of likely N-dealkylation sites (tertiary alicyclic amines) is 1. The van der Waals surface area contributed by atoms with Gasteiger partial charge in [0, 0.05) is 18.7 Å². The number of amides is 1. The zero-order valence-corrected chi connectivity index (χ0v) is 13.3. The second-order valence-electron chi connectivity index (χ2n) is 5.96. The van der Waals surface area contributed by atoms with E-state index in [9.17, 15) is 13.6 Å². The molecule has 1 amide bonds. The second kappa shape index (κ2) is 7.53. The maximum absolute atomic E-state index is 13.2. The molecule has 1 heterocycles. The van der Waals surface area contributed by atoms with Gasteiger partial charge in [0.1, 0.15) is 11.6 Å². The molecule has 1 aliphatic heterocycles. The van der Waals surface area contributed by atoms with Crippen molar-refractivity contribution in [1.29, 1.82) is 0 Å². The smallest absolute Gasteiger partial charge is 0.253 e. The molecule has 24 heavy (non-hydrogen) atoms. The lowest BCUT2D eigenvalue weighted by atomic mass is 10.1. The fourth-order valence-electron chi connectivity index (χ4n) is 2.87. The first-order valence-corrected chi connectivity index (χ1v) is 8.03. The monoisotopic (exact) mass is 331 g/mol. The van der Waals surface area contributed by atoms with Gasteiger partial charge in [-0.05, 0) is 54.8 Å². The number of nitrogens with zero attached hydrogens (tertiary/aromatic N) is 1. The van der Waals surface area contributed by atoms with Crippen LogP contribution < -0.4 is 0 Å². The molecule has 1 saturated heterocycles. The molecule has 2 aromatic carbocycles. The molecular formula is C19H19F2NO2. The molecule has 0 radical (unpaired) electrons. The molecule has 1 aliphatic rings. The molecule has 0 aliphatic carbocycles. The summed E-state index contributed by atoms with van der Waals surface area (Å²) in [5.41, 5.74) is 1.25. The molecule has 5 heteroatoms. The third-order valence-electron chi connectivity index (χ3n) is 4.13. The van der Waals surface area contributed by atoms with Crippen molar-refractivity contribution in [2.75, 3.05) is 13.1 Å². The summed E-state index contributed by atoms with van der Waals surface area (Å²) in [5.74, 6) is -0.761. The van der Waals surface area contributed by atoms with E-state index in [-0.39, 0.29) is 23.6 Å². The van der Waals surface area contributed by atoms with Crippen LogP contribution in [0.5, 0.6) is 0 Å². The fraction of sp³-hybridized carbons (Fsp3) is 0.316. The zero-order chi connectivity index (χ0) is 16.9. The first-order valence-electron chi connectivity index (χ1n) is 8.03. The highest BCUT2D eigenvalue weighted by Gasteiger charge is 2.25. The van der Waals surface area contributed by atoms with E-state index in [4.69, 9.17) is 4.74 Å². The number of piperidine rings is 1. The summed E-state index contributed by atoms with van der Waals surface area (Å²) in [6.07, 6.45) is 1.63. The lowest BCUT2D eigenvalue weighted by Crippen LogP contribution is -2.43. The van der Waals surface area contributed by atoms with Crippen molar-refractivity contribution >= 4 is 5.91 Å². The summed E-state index contributed by atoms with van der Waals surface area (Å²) in [4.78, 5) is 14.2. The lowest BCUT2D eigenvalue weighted by Gasteiger charge is -2.32. The van der Waals surface area contributed by atoms with Crippen LogP contribution in [-0.4, -0.2) is 30.0 Å². The van der Waals surface area contributed by atoms with Crippen LogP contribution in [0, 0.1) is 11.6 Å². The summed E-state index contributed by atoms with van der Waals surface area (Å²) in [5, 5.41) is 0. The molecule has 0 aromatic heterocycles. The molecule has 0 N–H and O–H groups in total. The molecule has 0 spiro atoms. The van der Waals surface area contributed by atoms with Crippen LogP contribution in [0.1, 0.15) is 28.8 Å². The number of hydrogen-bond acceptors (Lipinski definition) is 2. The molecule has 1 atom stereocenters. The molecule has 0 unspecified atom stereocenters. The Morgan fingerprint density at radius 3 is 2.67 bits per heavy atom. The van der Waals surface area contributed by atoms with E-state index < -0.39 is 0 Å². The Balaban J connectivity index is 1.57. The average molecular weight is 331 g/mol. The molecular weight excluding hydrogens is 312 g/mol. The highest BCUT2D eigenvalue weighted by Crippen LogP contribution is 2.18. The lowest BCUT2D eigenvalue weighted by molar-refractivity contribution is -0.00679. The number of halogens is 2. The van der Waals surface area contributed by atoms with Crippen LogP contribution in [0.3, 0.4) is 0 Å². The maximum Gasteiger partial charge on any atom is 0.253 e. The highest BCUT2D eigenvalue weighted by atomic mass is 19.1. The molecule has 3 rings (SSSR count). The molecule has 0 bridgehead atoms. The summed E-state index contributed by atoms with van der Waals surface area (Å²) in [7, 11) is 0. The Hall–Kier alpha value is -2.27. The molecule has 1 fully saturated rings. The van der Waals surface area contributed by atoms with Gasteiger partial charge in [-0.25, -0.2) is 8.78 Å². The molecule has 126 valence electrons. The Kier molecular flexibility index (Phi) is 5.20. The summed E-state index contributed by atoms with van der Waals surface area (Å²) < 4.78 is 32.0. The van der Waals surface area contributed by atoms with Gasteiger partial charge < -0.3 is 9.64 Å². The summed E-state index contributed by atoms with van der Waals surface area (Å²) >= 11 is 0. The Bertz CT molecular complexity index is 703. The predicted octanol–water partition coefficient (Wildman–Crippen LogP) is 3.79. The normalized spacial score (nSPS) is 17.8. The minimum absolute atomic E-state index is 0.0774. The second-order valence-corrected chi connectivity index (χ2v) is 5.96. The van der Waals surface area contributed by atoms with Gasteiger partial charge in [0.15, 0.2) is 0 Å². The summed E-state index contributed by atoms with van der Waals surface area (Å²) in [6, 6.07) is 11.9. The van der Waals surface area contributed by atoms with E-state index >= 15 is 0 Å². The summed E-state index contributed by atoms with van der Waals surface area (Å²) in [6.45, 7) is 1.47. The topological polar surface area (TPSA) is 29.5 Å². The SMILES string of the molecule is O=C(c1ccc(F)cc1)N1CCC[C@@H](OCc2cccc(F)c2)C1. The largest absolute Gasteiger partial charge is 0.372 e. The van der Waals surface area contributed by atoms with Gasteiger partial charge in [-0.15, -0.1) is 0 Å². The van der Waals surface area contributed by atoms with E-state index in [0.717, 1.165) is 18.4 Å². The molecule has 2 aromatic rings. The van der Waals surface area contributed by atoms with Crippen LogP contribution in [0.15, 0.2) is 48.5 Å². The van der Waals surface area contributed by atoms with Gasteiger partial charge in [-0.3, -0.25) is 4.79 Å². The van der Waals surface area contributed by atoms with Gasteiger partial charge in [-0.2, -0.15) is 0 Å². The molecule has 0 saturated carbocycles. The van der Waals surface area contributed by atoms with Gasteiger partial charge in [0.2, 0.25) is 0 Å². The van der Waals surface area contributed by atoms with E-state index in [1.165, 1.54) is 36.4 Å². The predicted molar refractivity (Wildman–Crippen MR) is 86.5 cm³/mol. The van der Waals surface area contributed by atoms with E-state index in [1.54, 1.807) is 11.0 Å². The Morgan fingerprint density at radius 1 is 1.12 bits per heavy atom. The van der Waals surface area contributed by atoms with Crippen molar-refractivity contribution < 1.29 is 18.3 Å². The third kappa shape index (κ3) is 4.17. The van der Waals surface area contributed by atoms with Crippen molar-refractivity contribution in [1.82, 2.24) is 4.90 Å². The van der Waals surface area contributed by atoms with Crippen LogP contribution in [-0.2, 0) is 11.3 Å². The Morgan fingerprint density at radius 2 is 1.92 bits per heavy atom. The zero-order valence-electron chi connectivity index (χ0n) is 13.3. The highest BCUT2D eigenvalue weighted by molar-refractivity contribution is 5.94. The van der Waals surface area contributed by atoms with E-state index in [0.29, 0.717) is 25.3 Å². The maximum atomic E-state index is 13.2. The number of carbonyl (C=O) groups is 1. The van der Waals surface area contributed by atoms with Crippen LogP contribution in [0.25, 0.3) is 0 Å². The van der Waals surface area contributed by atoms with Gasteiger partial charge in [0.25, 0.3) is 5.91 Å². The fourth-order valence-corrected chi connectivity index (χ4v) is 2.87. The standard InChI is InChI=1S/C19H19F2NO2/c20-16-8-6-15(7-9-16)19(23)22-10-2-5-18(12-22)24-13-14-3-1-4-17(21)11-14/h1,3-4,6-9,11,18H,2,5,10,12-13H2/t18-/m1/s1. The van der Waals surface area contributed by atoms with Gasteiger partial charge in [-0.1, -0.05) is 12.1 Å². The minimum Gasteiger partial charge on any atom is -0.372 e. The average Bonchev–Trinajstić information content (AvgIpc) is 2.60. The van der Waals surface area contributed by atoms with Gasteiger partial charge in [0.05, 0.1) is 12.7 Å². The van der Waals surface area contributed by atoms with Crippen molar-refractivity contribution in [2.45, 2.75) is 25.6 Å². The first-order chi connectivity index (χ1) is 11.6. The molecule has 3 nitrogen and oxygen atoms in total.